The van der Waals surface area contributed by atoms with Crippen LogP contribution in [0.2, 0.25) is 0 Å². The van der Waals surface area contributed by atoms with E-state index in [0.717, 1.165) is 24.2 Å². The number of amidine groups is 1. The van der Waals surface area contributed by atoms with Crippen LogP contribution in [-0.4, -0.2) is 40.4 Å². The van der Waals surface area contributed by atoms with Gasteiger partial charge in [0.05, 0.1) is 0 Å². The van der Waals surface area contributed by atoms with Gasteiger partial charge in [0.1, 0.15) is 0 Å². The average molecular weight is 319 g/mol. The molecule has 1 aromatic heterocycles. The molecule has 1 fully saturated rings. The highest BCUT2D eigenvalue weighted by Crippen LogP contribution is 2.46. The number of nitrogens with one attached hydrogen (secondary N) is 1. The van der Waals surface area contributed by atoms with Gasteiger partial charge in [-0.15, -0.1) is 0 Å². The number of fused-ring (bicyclic) bond motifs is 2. The summed E-state index contributed by atoms with van der Waals surface area (Å²) < 4.78 is 1.70. The largest absolute Gasteiger partial charge is 0.350 e. The summed E-state index contributed by atoms with van der Waals surface area (Å²) >= 11 is 1.44. The smallest absolute Gasteiger partial charge is 0.272 e. The van der Waals surface area contributed by atoms with Crippen molar-refractivity contribution in [1.82, 2.24) is 15.1 Å². The third-order valence-electron chi connectivity index (χ3n) is 4.68. The Morgan fingerprint density at radius 3 is 2.77 bits per heavy atom. The molecule has 1 aromatic rings. The molecule has 6 nitrogen and oxygen atoms in total. The lowest BCUT2D eigenvalue weighted by Gasteiger charge is -2.40. The van der Waals surface area contributed by atoms with Crippen LogP contribution in [0.15, 0.2) is 9.98 Å². The zero-order valence-electron chi connectivity index (χ0n) is 13.1. The van der Waals surface area contributed by atoms with Crippen molar-refractivity contribution >= 4 is 35.4 Å². The van der Waals surface area contributed by atoms with Crippen LogP contribution in [-0.2, 0) is 12.5 Å². The maximum Gasteiger partial charge on any atom is 0.272 e. The minimum atomic E-state index is -0.0967. The number of amides is 1. The van der Waals surface area contributed by atoms with Crippen molar-refractivity contribution in [2.45, 2.75) is 37.5 Å². The van der Waals surface area contributed by atoms with E-state index in [-0.39, 0.29) is 11.3 Å². The van der Waals surface area contributed by atoms with Crippen LogP contribution in [0, 0.1) is 0 Å². The molecule has 1 amide bonds. The molecule has 22 heavy (non-hydrogen) atoms. The van der Waals surface area contributed by atoms with Crippen molar-refractivity contribution in [2.75, 3.05) is 12.8 Å². The predicted octanol–water partition coefficient (Wildman–Crippen LogP) is 2.42. The predicted molar refractivity (Wildman–Crippen MR) is 90.5 cm³/mol. The van der Waals surface area contributed by atoms with Gasteiger partial charge in [-0.05, 0) is 25.8 Å². The molecule has 1 aliphatic heterocycles. The second-order valence-electron chi connectivity index (χ2n) is 5.95. The summed E-state index contributed by atoms with van der Waals surface area (Å²) in [6, 6.07) is 0. The number of aryl methyl sites for hydroxylation is 1. The highest BCUT2D eigenvalue weighted by atomic mass is 32.2. The molecule has 0 saturated heterocycles. The molecular formula is C15H21N5OS. The first-order chi connectivity index (χ1) is 10.6. The Hall–Kier alpha value is -1.63. The lowest BCUT2D eigenvalue weighted by Crippen LogP contribution is -2.47. The molecule has 2 heterocycles. The summed E-state index contributed by atoms with van der Waals surface area (Å²) in [6.45, 7) is 4.25. The van der Waals surface area contributed by atoms with Crippen molar-refractivity contribution in [3.05, 3.63) is 11.3 Å². The van der Waals surface area contributed by atoms with Gasteiger partial charge in [0.15, 0.2) is 16.7 Å². The van der Waals surface area contributed by atoms with E-state index >= 15 is 0 Å². The second-order valence-corrected chi connectivity index (χ2v) is 6.72. The molecule has 0 bridgehead atoms. The van der Waals surface area contributed by atoms with Crippen LogP contribution in [0.4, 0.5) is 5.82 Å². The topological polar surface area (TPSA) is 71.6 Å². The fourth-order valence-electron chi connectivity index (χ4n) is 3.60. The molecule has 3 rings (SSSR count). The summed E-state index contributed by atoms with van der Waals surface area (Å²) in [5.41, 5.74) is 1.51. The average Bonchev–Trinajstić information content (AvgIpc) is 2.88. The molecule has 2 aliphatic rings. The first-order valence-corrected chi connectivity index (χ1v) is 8.79. The second kappa shape index (κ2) is 5.87. The number of hydrogen-bond acceptors (Lipinski definition) is 4. The Kier molecular flexibility index (Phi) is 4.08. The van der Waals surface area contributed by atoms with Crippen LogP contribution < -0.4 is 5.32 Å². The van der Waals surface area contributed by atoms with Gasteiger partial charge < -0.3 is 5.32 Å². The minimum absolute atomic E-state index is 0.0285. The van der Waals surface area contributed by atoms with Gasteiger partial charge in [0.2, 0.25) is 0 Å². The SMILES string of the molecule is C=NC(=Nc1c2c(nn1C)C(=O)NCC21CCCCC1)SC. The lowest BCUT2D eigenvalue weighted by molar-refractivity contribution is 0.0907. The number of carbonyl (C=O) groups is 1. The normalized spacial score (nSPS) is 20.6. The third kappa shape index (κ3) is 2.37. The fraction of sp³-hybridized carbons (Fsp3) is 0.600. The summed E-state index contributed by atoms with van der Waals surface area (Å²) in [5.74, 6) is 0.656. The Balaban J connectivity index is 2.18. The number of aromatic nitrogens is 2. The van der Waals surface area contributed by atoms with Crippen molar-refractivity contribution in [2.24, 2.45) is 17.0 Å². The van der Waals surface area contributed by atoms with Crippen LogP contribution in [0.1, 0.15) is 48.2 Å². The summed E-state index contributed by atoms with van der Waals surface area (Å²) in [7, 11) is 1.84. The molecular weight excluding hydrogens is 298 g/mol. The molecule has 1 saturated carbocycles. The van der Waals surface area contributed by atoms with Crippen molar-refractivity contribution in [3.63, 3.8) is 0 Å². The van der Waals surface area contributed by atoms with Crippen molar-refractivity contribution in [3.8, 4) is 0 Å². The number of nitrogens with zero attached hydrogens (tertiary/aromatic N) is 4. The van der Waals surface area contributed by atoms with Crippen molar-refractivity contribution in [1.29, 1.82) is 0 Å². The number of aliphatic imine (C=N–C) groups is 2. The van der Waals surface area contributed by atoms with E-state index in [1.54, 1.807) is 4.68 Å². The molecule has 1 N–H and O–H groups in total. The highest BCUT2D eigenvalue weighted by Gasteiger charge is 2.44. The van der Waals surface area contributed by atoms with Gasteiger partial charge in [-0.2, -0.15) is 5.10 Å². The molecule has 0 aromatic carbocycles. The molecule has 7 heteroatoms. The molecule has 1 aliphatic carbocycles. The molecule has 0 unspecified atom stereocenters. The van der Waals surface area contributed by atoms with E-state index in [1.165, 1.54) is 31.0 Å². The molecule has 1 spiro atoms. The highest BCUT2D eigenvalue weighted by molar-refractivity contribution is 8.13. The summed E-state index contributed by atoms with van der Waals surface area (Å²) in [5, 5.41) is 8.05. The Labute approximate surface area is 134 Å². The molecule has 0 atom stereocenters. The first kappa shape index (κ1) is 15.3. The number of rotatable bonds is 1. The summed E-state index contributed by atoms with van der Waals surface area (Å²) in [6.07, 6.45) is 7.69. The maximum atomic E-state index is 12.2. The van der Waals surface area contributed by atoms with Crippen LogP contribution in [0.5, 0.6) is 0 Å². The fourth-order valence-corrected chi connectivity index (χ4v) is 3.91. The standard InChI is InChI=1S/C15H21N5OS/c1-16-14(22-3)18-12-10-11(19-20(12)2)13(21)17-9-15(10)7-5-4-6-8-15/h1,4-9H2,2-3H3,(H,17,21). The number of hydrogen-bond donors (Lipinski definition) is 1. The van der Waals surface area contributed by atoms with Gasteiger partial charge in [-0.25, -0.2) is 14.7 Å². The van der Waals surface area contributed by atoms with Crippen molar-refractivity contribution < 1.29 is 4.79 Å². The van der Waals surface area contributed by atoms with Gasteiger partial charge in [0, 0.05) is 24.6 Å². The van der Waals surface area contributed by atoms with Gasteiger partial charge in [0.25, 0.3) is 5.91 Å². The molecule has 0 radical (unpaired) electrons. The van der Waals surface area contributed by atoms with E-state index in [9.17, 15) is 4.79 Å². The Morgan fingerprint density at radius 1 is 1.41 bits per heavy atom. The first-order valence-electron chi connectivity index (χ1n) is 7.56. The zero-order valence-corrected chi connectivity index (χ0v) is 13.9. The van der Waals surface area contributed by atoms with E-state index in [0.29, 0.717) is 17.4 Å². The molecule has 118 valence electrons. The van der Waals surface area contributed by atoms with E-state index in [2.05, 4.69) is 27.1 Å². The monoisotopic (exact) mass is 319 g/mol. The quantitative estimate of drug-likeness (QED) is 0.638. The zero-order chi connectivity index (χ0) is 15.7. The van der Waals surface area contributed by atoms with Crippen LogP contribution >= 0.6 is 11.8 Å². The Bertz CT molecular complexity index is 643. The van der Waals surface area contributed by atoms with E-state index in [4.69, 9.17) is 0 Å². The van der Waals surface area contributed by atoms with Gasteiger partial charge in [-0.3, -0.25) is 4.79 Å². The minimum Gasteiger partial charge on any atom is -0.350 e. The van der Waals surface area contributed by atoms with Gasteiger partial charge >= 0.3 is 0 Å². The van der Waals surface area contributed by atoms with Gasteiger partial charge in [-0.1, -0.05) is 31.0 Å². The Morgan fingerprint density at radius 2 is 2.14 bits per heavy atom. The van der Waals surface area contributed by atoms with E-state index < -0.39 is 0 Å². The maximum absolute atomic E-state index is 12.2. The number of carbonyl (C=O) groups excluding carboxylic acids is 1. The summed E-state index contributed by atoms with van der Waals surface area (Å²) in [4.78, 5) is 20.8. The lowest BCUT2D eigenvalue weighted by atomic mass is 9.67. The van der Waals surface area contributed by atoms with Crippen LogP contribution in [0.3, 0.4) is 0 Å². The van der Waals surface area contributed by atoms with E-state index in [1.807, 2.05) is 13.3 Å². The van der Waals surface area contributed by atoms with Crippen LogP contribution in [0.25, 0.3) is 0 Å². The number of thioether (sulfide) groups is 1. The third-order valence-corrected chi connectivity index (χ3v) is 5.27.